The topological polar surface area (TPSA) is 15.3 Å². The van der Waals surface area contributed by atoms with Crippen molar-refractivity contribution in [3.05, 3.63) is 0 Å². The van der Waals surface area contributed by atoms with Crippen molar-refractivity contribution in [3.8, 4) is 0 Å². The molecule has 3 aliphatic rings. The Hall–Kier alpha value is -0.0800. The van der Waals surface area contributed by atoms with Crippen LogP contribution in [0.3, 0.4) is 0 Å². The van der Waals surface area contributed by atoms with Crippen LogP contribution >= 0.6 is 0 Å². The number of hydrogen-bond donors (Lipinski definition) is 1. The van der Waals surface area contributed by atoms with Crippen LogP contribution in [0.1, 0.15) is 78.6 Å². The molecule has 122 valence electrons. The highest BCUT2D eigenvalue weighted by atomic mass is 15.3. The van der Waals surface area contributed by atoms with E-state index in [9.17, 15) is 0 Å². The van der Waals surface area contributed by atoms with Crippen LogP contribution < -0.4 is 5.32 Å². The van der Waals surface area contributed by atoms with E-state index in [-0.39, 0.29) is 0 Å². The zero-order chi connectivity index (χ0) is 14.9. The lowest BCUT2D eigenvalue weighted by molar-refractivity contribution is 0.00120. The highest BCUT2D eigenvalue weighted by Gasteiger charge is 2.44. The van der Waals surface area contributed by atoms with E-state index in [2.05, 4.69) is 31.0 Å². The number of piperazine rings is 1. The van der Waals surface area contributed by atoms with Crippen LogP contribution in [-0.2, 0) is 0 Å². The summed E-state index contributed by atoms with van der Waals surface area (Å²) in [6.07, 6.45) is 13.1. The minimum atomic E-state index is 0.467. The van der Waals surface area contributed by atoms with E-state index in [0.717, 1.165) is 23.9 Å². The molecule has 0 bridgehead atoms. The maximum absolute atomic E-state index is 3.97. The second kappa shape index (κ2) is 6.58. The van der Waals surface area contributed by atoms with Crippen LogP contribution in [-0.4, -0.2) is 35.6 Å². The summed E-state index contributed by atoms with van der Waals surface area (Å²) in [7, 11) is 0. The molecule has 2 unspecified atom stereocenters. The number of nitrogens with one attached hydrogen (secondary N) is 1. The normalized spacial score (nSPS) is 32.9. The molecule has 2 nitrogen and oxygen atoms in total. The predicted octanol–water partition coefficient (Wildman–Crippen LogP) is 4.20. The average Bonchev–Trinajstić information content (AvgIpc) is 2.95. The second-order valence-electron chi connectivity index (χ2n) is 8.49. The average molecular weight is 293 g/mol. The van der Waals surface area contributed by atoms with Gasteiger partial charge in [0.1, 0.15) is 0 Å². The first-order valence-electron chi connectivity index (χ1n) is 9.62. The smallest absolute Gasteiger partial charge is 0.0309 e. The molecule has 1 N–H and O–H groups in total. The van der Waals surface area contributed by atoms with Crippen LogP contribution in [0.15, 0.2) is 0 Å². The van der Waals surface area contributed by atoms with Gasteiger partial charge in [-0.05, 0) is 44.4 Å². The molecule has 21 heavy (non-hydrogen) atoms. The fourth-order valence-electron chi connectivity index (χ4n) is 5.30. The van der Waals surface area contributed by atoms with Gasteiger partial charge in [-0.3, -0.25) is 4.90 Å². The minimum absolute atomic E-state index is 0.467. The summed E-state index contributed by atoms with van der Waals surface area (Å²) >= 11 is 0. The molecule has 0 aromatic heterocycles. The molecular weight excluding hydrogens is 256 g/mol. The van der Waals surface area contributed by atoms with Crippen LogP contribution in [0, 0.1) is 11.8 Å². The maximum Gasteiger partial charge on any atom is 0.0309 e. The van der Waals surface area contributed by atoms with Crippen molar-refractivity contribution >= 4 is 0 Å². The van der Waals surface area contributed by atoms with Gasteiger partial charge >= 0.3 is 0 Å². The molecule has 0 amide bonds. The van der Waals surface area contributed by atoms with E-state index >= 15 is 0 Å². The van der Waals surface area contributed by atoms with Crippen LogP contribution in [0.2, 0.25) is 0 Å². The van der Waals surface area contributed by atoms with E-state index in [1.807, 2.05) is 0 Å². The Bertz CT molecular complexity index is 326. The SMILES string of the molecule is CC(C)C1CNC2(CCCC2)CN1C(C)C1CCCCC1. The Balaban J connectivity index is 1.73. The van der Waals surface area contributed by atoms with Gasteiger partial charge in [-0.2, -0.15) is 0 Å². The van der Waals surface area contributed by atoms with E-state index in [0.29, 0.717) is 5.54 Å². The summed E-state index contributed by atoms with van der Waals surface area (Å²) in [5, 5.41) is 3.97. The first-order valence-corrected chi connectivity index (χ1v) is 9.62. The highest BCUT2D eigenvalue weighted by molar-refractivity contribution is 5.03. The van der Waals surface area contributed by atoms with Gasteiger partial charge in [0.2, 0.25) is 0 Å². The number of hydrogen-bond acceptors (Lipinski definition) is 2. The molecular formula is C19H36N2. The molecule has 3 fully saturated rings. The van der Waals surface area contributed by atoms with Gasteiger partial charge in [-0.1, -0.05) is 46.0 Å². The van der Waals surface area contributed by atoms with Crippen molar-refractivity contribution in [1.82, 2.24) is 10.2 Å². The van der Waals surface area contributed by atoms with Crippen molar-refractivity contribution in [3.63, 3.8) is 0 Å². The summed E-state index contributed by atoms with van der Waals surface area (Å²) in [5.41, 5.74) is 0.467. The molecule has 2 aliphatic carbocycles. The molecule has 1 aliphatic heterocycles. The fraction of sp³-hybridized carbons (Fsp3) is 1.00. The third-order valence-electron chi connectivity index (χ3n) is 6.78. The Kier molecular flexibility index (Phi) is 4.95. The Morgan fingerprint density at radius 3 is 2.24 bits per heavy atom. The van der Waals surface area contributed by atoms with E-state index < -0.39 is 0 Å². The predicted molar refractivity (Wildman–Crippen MR) is 90.6 cm³/mol. The van der Waals surface area contributed by atoms with Gasteiger partial charge in [-0.15, -0.1) is 0 Å². The third kappa shape index (κ3) is 3.32. The lowest BCUT2D eigenvalue weighted by Crippen LogP contribution is -2.66. The van der Waals surface area contributed by atoms with Crippen molar-refractivity contribution < 1.29 is 0 Å². The third-order valence-corrected chi connectivity index (χ3v) is 6.78. The first kappa shape index (κ1) is 15.8. The van der Waals surface area contributed by atoms with Gasteiger partial charge in [-0.25, -0.2) is 0 Å². The van der Waals surface area contributed by atoms with Crippen molar-refractivity contribution in [2.24, 2.45) is 11.8 Å². The van der Waals surface area contributed by atoms with Crippen LogP contribution in [0.25, 0.3) is 0 Å². The summed E-state index contributed by atoms with van der Waals surface area (Å²) in [4.78, 5) is 2.93. The Morgan fingerprint density at radius 1 is 0.952 bits per heavy atom. The summed E-state index contributed by atoms with van der Waals surface area (Å²) in [5.74, 6) is 1.72. The lowest BCUT2D eigenvalue weighted by atomic mass is 9.80. The quantitative estimate of drug-likeness (QED) is 0.839. The second-order valence-corrected chi connectivity index (χ2v) is 8.49. The summed E-state index contributed by atoms with van der Waals surface area (Å²) in [6.45, 7) is 9.90. The minimum Gasteiger partial charge on any atom is -0.308 e. The Labute approximate surface area is 132 Å². The summed E-state index contributed by atoms with van der Waals surface area (Å²) in [6, 6.07) is 1.53. The van der Waals surface area contributed by atoms with Gasteiger partial charge in [0.25, 0.3) is 0 Å². The molecule has 1 spiro atoms. The molecule has 0 aromatic rings. The number of nitrogens with zero attached hydrogens (tertiary/aromatic N) is 1. The summed E-state index contributed by atoms with van der Waals surface area (Å²) < 4.78 is 0. The lowest BCUT2D eigenvalue weighted by Gasteiger charge is -2.52. The van der Waals surface area contributed by atoms with Crippen molar-refractivity contribution in [2.75, 3.05) is 13.1 Å². The zero-order valence-corrected chi connectivity index (χ0v) is 14.5. The molecule has 2 saturated carbocycles. The monoisotopic (exact) mass is 292 g/mol. The van der Waals surface area contributed by atoms with Crippen LogP contribution in [0.5, 0.6) is 0 Å². The van der Waals surface area contributed by atoms with E-state index in [1.165, 1.54) is 70.9 Å². The van der Waals surface area contributed by atoms with Gasteiger partial charge < -0.3 is 5.32 Å². The Morgan fingerprint density at radius 2 is 1.62 bits per heavy atom. The molecule has 2 atom stereocenters. The van der Waals surface area contributed by atoms with Gasteiger partial charge in [0.05, 0.1) is 0 Å². The highest BCUT2D eigenvalue weighted by Crippen LogP contribution is 2.38. The molecule has 3 rings (SSSR count). The largest absolute Gasteiger partial charge is 0.308 e. The van der Waals surface area contributed by atoms with Gasteiger partial charge in [0, 0.05) is 30.7 Å². The van der Waals surface area contributed by atoms with Crippen molar-refractivity contribution in [2.45, 2.75) is 96.2 Å². The fourth-order valence-corrected chi connectivity index (χ4v) is 5.30. The van der Waals surface area contributed by atoms with Gasteiger partial charge in [0.15, 0.2) is 0 Å². The van der Waals surface area contributed by atoms with Crippen LogP contribution in [0.4, 0.5) is 0 Å². The molecule has 0 aromatic carbocycles. The molecule has 1 saturated heterocycles. The molecule has 0 radical (unpaired) electrons. The van der Waals surface area contributed by atoms with E-state index in [1.54, 1.807) is 0 Å². The van der Waals surface area contributed by atoms with E-state index in [4.69, 9.17) is 0 Å². The number of rotatable bonds is 3. The van der Waals surface area contributed by atoms with Crippen molar-refractivity contribution in [1.29, 1.82) is 0 Å². The molecule has 2 heteroatoms. The first-order chi connectivity index (χ1) is 10.1. The standard InChI is InChI=1S/C19H36N2/c1-15(2)18-13-20-19(11-7-8-12-19)14-21(18)16(3)17-9-5-4-6-10-17/h15-18,20H,4-14H2,1-3H3. The molecule has 1 heterocycles. The maximum atomic E-state index is 3.97. The zero-order valence-electron chi connectivity index (χ0n) is 14.5.